The molecule has 3 rings (SSSR count). The summed E-state index contributed by atoms with van der Waals surface area (Å²) < 4.78 is 1.21. The van der Waals surface area contributed by atoms with Gasteiger partial charge in [-0.05, 0) is 30.7 Å². The van der Waals surface area contributed by atoms with Gasteiger partial charge in [0, 0.05) is 37.1 Å². The number of carbonyl (C=O) groups excluding carboxylic acids is 1. The molecule has 0 fully saturated rings. The summed E-state index contributed by atoms with van der Waals surface area (Å²) in [6.45, 7) is 2.91. The van der Waals surface area contributed by atoms with Crippen LogP contribution in [0.3, 0.4) is 0 Å². The number of pyridine rings is 1. The maximum absolute atomic E-state index is 12.7. The fourth-order valence-corrected chi connectivity index (χ4v) is 2.65. The number of rotatable bonds is 6. The van der Waals surface area contributed by atoms with Crippen LogP contribution in [0.2, 0.25) is 0 Å². The van der Waals surface area contributed by atoms with Gasteiger partial charge < -0.3 is 4.90 Å². The number of amides is 1. The van der Waals surface area contributed by atoms with E-state index in [9.17, 15) is 9.59 Å². The van der Waals surface area contributed by atoms with Gasteiger partial charge in [-0.1, -0.05) is 30.3 Å². The molecular formula is C20H20N4O2. The van der Waals surface area contributed by atoms with Gasteiger partial charge in [0.15, 0.2) is 0 Å². The second kappa shape index (κ2) is 8.20. The summed E-state index contributed by atoms with van der Waals surface area (Å²) in [6.07, 6.45) is 3.33. The zero-order valence-corrected chi connectivity index (χ0v) is 14.6. The van der Waals surface area contributed by atoms with Crippen LogP contribution in [-0.2, 0) is 17.9 Å². The molecule has 3 aromatic rings. The van der Waals surface area contributed by atoms with Crippen LogP contribution in [0.15, 0.2) is 71.8 Å². The Balaban J connectivity index is 1.78. The molecule has 0 aliphatic heterocycles. The van der Waals surface area contributed by atoms with Gasteiger partial charge in [0.05, 0.1) is 5.69 Å². The Kier molecular flexibility index (Phi) is 5.53. The Labute approximate surface area is 151 Å². The zero-order chi connectivity index (χ0) is 18.4. The van der Waals surface area contributed by atoms with E-state index in [0.717, 1.165) is 11.1 Å². The van der Waals surface area contributed by atoms with Crippen LogP contribution in [-0.4, -0.2) is 32.1 Å². The van der Waals surface area contributed by atoms with E-state index >= 15 is 0 Å². The molecule has 0 aliphatic carbocycles. The van der Waals surface area contributed by atoms with Crippen LogP contribution in [0.5, 0.6) is 0 Å². The third-order valence-electron chi connectivity index (χ3n) is 4.08. The lowest BCUT2D eigenvalue weighted by Gasteiger charge is -2.21. The van der Waals surface area contributed by atoms with Crippen molar-refractivity contribution in [3.63, 3.8) is 0 Å². The number of nitrogens with zero attached hydrogens (tertiary/aromatic N) is 4. The molecule has 0 unspecified atom stereocenters. The summed E-state index contributed by atoms with van der Waals surface area (Å²) in [5.41, 5.74) is 2.23. The van der Waals surface area contributed by atoms with Gasteiger partial charge in [-0.2, -0.15) is 5.10 Å². The van der Waals surface area contributed by atoms with E-state index in [1.54, 1.807) is 23.4 Å². The summed E-state index contributed by atoms with van der Waals surface area (Å²) >= 11 is 0. The molecule has 0 N–H and O–H groups in total. The predicted octanol–water partition coefficient (Wildman–Crippen LogP) is 2.35. The van der Waals surface area contributed by atoms with Crippen molar-refractivity contribution in [1.82, 2.24) is 19.7 Å². The quantitative estimate of drug-likeness (QED) is 0.686. The molecule has 132 valence electrons. The van der Waals surface area contributed by atoms with E-state index in [1.165, 1.54) is 10.7 Å². The topological polar surface area (TPSA) is 68.1 Å². The molecule has 0 radical (unpaired) electrons. The minimum Gasteiger partial charge on any atom is -0.337 e. The van der Waals surface area contributed by atoms with Gasteiger partial charge >= 0.3 is 0 Å². The maximum atomic E-state index is 12.7. The molecule has 1 aromatic carbocycles. The SMILES string of the molecule is CCN(Cc1ccccc1)C(=O)Cn1nc(-c2ccncc2)ccc1=O. The van der Waals surface area contributed by atoms with Crippen LogP contribution in [0, 0.1) is 0 Å². The van der Waals surface area contributed by atoms with E-state index in [-0.39, 0.29) is 18.0 Å². The van der Waals surface area contributed by atoms with Crippen LogP contribution >= 0.6 is 0 Å². The second-order valence-corrected chi connectivity index (χ2v) is 5.84. The van der Waals surface area contributed by atoms with Crippen LogP contribution in [0.1, 0.15) is 12.5 Å². The van der Waals surface area contributed by atoms with E-state index in [4.69, 9.17) is 0 Å². The first-order valence-electron chi connectivity index (χ1n) is 8.47. The van der Waals surface area contributed by atoms with E-state index in [2.05, 4.69) is 10.1 Å². The van der Waals surface area contributed by atoms with Crippen molar-refractivity contribution < 1.29 is 4.79 Å². The van der Waals surface area contributed by atoms with Gasteiger partial charge in [0.2, 0.25) is 5.91 Å². The molecule has 6 nitrogen and oxygen atoms in total. The first kappa shape index (κ1) is 17.5. The highest BCUT2D eigenvalue weighted by molar-refractivity contribution is 5.76. The lowest BCUT2D eigenvalue weighted by atomic mass is 10.2. The average molecular weight is 348 g/mol. The molecule has 1 amide bonds. The van der Waals surface area contributed by atoms with Crippen molar-refractivity contribution in [1.29, 1.82) is 0 Å². The molecule has 2 aromatic heterocycles. The molecule has 26 heavy (non-hydrogen) atoms. The number of likely N-dealkylation sites (N-methyl/N-ethyl adjacent to an activating group) is 1. The van der Waals surface area contributed by atoms with Crippen molar-refractivity contribution >= 4 is 5.91 Å². The summed E-state index contributed by atoms with van der Waals surface area (Å²) in [5, 5.41) is 4.34. The van der Waals surface area contributed by atoms with Gasteiger partial charge in [-0.25, -0.2) is 4.68 Å². The van der Waals surface area contributed by atoms with Gasteiger partial charge in [0.25, 0.3) is 5.56 Å². The van der Waals surface area contributed by atoms with Crippen molar-refractivity contribution in [2.24, 2.45) is 0 Å². The van der Waals surface area contributed by atoms with Crippen molar-refractivity contribution in [2.75, 3.05) is 6.54 Å². The Morgan fingerprint density at radius 3 is 2.46 bits per heavy atom. The summed E-state index contributed by atoms with van der Waals surface area (Å²) in [7, 11) is 0. The van der Waals surface area contributed by atoms with Crippen LogP contribution in [0.25, 0.3) is 11.3 Å². The highest BCUT2D eigenvalue weighted by Gasteiger charge is 2.14. The van der Waals surface area contributed by atoms with Gasteiger partial charge in [-0.15, -0.1) is 0 Å². The molecule has 0 bridgehead atoms. The van der Waals surface area contributed by atoms with Gasteiger partial charge in [0.1, 0.15) is 6.54 Å². The number of aromatic nitrogens is 3. The van der Waals surface area contributed by atoms with Crippen molar-refractivity contribution in [3.8, 4) is 11.3 Å². The normalized spacial score (nSPS) is 10.5. The molecule has 0 spiro atoms. The Morgan fingerprint density at radius 1 is 1.04 bits per heavy atom. The summed E-state index contributed by atoms with van der Waals surface area (Å²) in [5.74, 6) is -0.141. The lowest BCUT2D eigenvalue weighted by Crippen LogP contribution is -2.36. The number of hydrogen-bond donors (Lipinski definition) is 0. The summed E-state index contributed by atoms with van der Waals surface area (Å²) in [6, 6.07) is 16.5. The Morgan fingerprint density at radius 2 is 1.77 bits per heavy atom. The largest absolute Gasteiger partial charge is 0.337 e. The van der Waals surface area contributed by atoms with Crippen molar-refractivity contribution in [2.45, 2.75) is 20.0 Å². The van der Waals surface area contributed by atoms with Crippen LogP contribution in [0.4, 0.5) is 0 Å². The smallest absolute Gasteiger partial charge is 0.267 e. The lowest BCUT2D eigenvalue weighted by molar-refractivity contribution is -0.132. The van der Waals surface area contributed by atoms with E-state index < -0.39 is 0 Å². The second-order valence-electron chi connectivity index (χ2n) is 5.84. The number of carbonyl (C=O) groups is 1. The first-order chi connectivity index (χ1) is 12.7. The molecule has 6 heteroatoms. The standard InChI is InChI=1S/C20H20N4O2/c1-2-23(14-16-6-4-3-5-7-16)20(26)15-24-19(25)9-8-18(22-24)17-10-12-21-13-11-17/h3-13H,2,14-15H2,1H3. The number of hydrogen-bond acceptors (Lipinski definition) is 4. The molecule has 0 saturated carbocycles. The van der Waals surface area contributed by atoms with Crippen molar-refractivity contribution in [3.05, 3.63) is 82.9 Å². The fraction of sp³-hybridized carbons (Fsp3) is 0.200. The third-order valence-corrected chi connectivity index (χ3v) is 4.08. The molecule has 0 saturated heterocycles. The monoisotopic (exact) mass is 348 g/mol. The highest BCUT2D eigenvalue weighted by Crippen LogP contribution is 2.13. The van der Waals surface area contributed by atoms with Gasteiger partial charge in [-0.3, -0.25) is 14.6 Å². The predicted molar refractivity (Wildman–Crippen MR) is 99.3 cm³/mol. The molecule has 2 heterocycles. The van der Waals surface area contributed by atoms with E-state index in [0.29, 0.717) is 18.8 Å². The maximum Gasteiger partial charge on any atom is 0.267 e. The Bertz CT molecular complexity index is 923. The van der Waals surface area contributed by atoms with Crippen LogP contribution < -0.4 is 5.56 Å². The molecule has 0 aliphatic rings. The molecule has 0 atom stereocenters. The number of benzene rings is 1. The third kappa shape index (κ3) is 4.22. The minimum atomic E-state index is -0.299. The Hall–Kier alpha value is -3.28. The fourth-order valence-electron chi connectivity index (χ4n) is 2.65. The average Bonchev–Trinajstić information content (AvgIpc) is 2.69. The zero-order valence-electron chi connectivity index (χ0n) is 14.6. The van der Waals surface area contributed by atoms with E-state index in [1.807, 2.05) is 49.4 Å². The highest BCUT2D eigenvalue weighted by atomic mass is 16.2. The molecular weight excluding hydrogens is 328 g/mol. The summed E-state index contributed by atoms with van der Waals surface area (Å²) in [4.78, 5) is 30.5. The first-order valence-corrected chi connectivity index (χ1v) is 8.47. The minimum absolute atomic E-state index is 0.0849.